The van der Waals surface area contributed by atoms with E-state index in [4.69, 9.17) is 11.6 Å². The van der Waals surface area contributed by atoms with Crippen molar-refractivity contribution in [1.29, 1.82) is 0 Å². The van der Waals surface area contributed by atoms with Crippen molar-refractivity contribution in [3.05, 3.63) is 39.0 Å². The Bertz CT molecular complexity index is 615. The Hall–Kier alpha value is -2.22. The number of nitro groups is 1. The quantitative estimate of drug-likeness (QED) is 0.366. The molecule has 0 atom stereocenters. The summed E-state index contributed by atoms with van der Waals surface area (Å²) >= 11 is 5.64. The maximum atomic E-state index is 10.8. The largest absolute Gasteiger partial charge is 0.364 e. The van der Waals surface area contributed by atoms with E-state index in [9.17, 15) is 10.1 Å². The molecule has 20 heavy (non-hydrogen) atoms. The molecular formula is C11H13ClN6O2. The first-order valence-corrected chi connectivity index (χ1v) is 6.35. The van der Waals surface area contributed by atoms with Crippen LogP contribution in [0.25, 0.3) is 0 Å². The van der Waals surface area contributed by atoms with Crippen LogP contribution in [0.1, 0.15) is 17.7 Å². The monoisotopic (exact) mass is 296 g/mol. The minimum atomic E-state index is -0.543. The van der Waals surface area contributed by atoms with Crippen molar-refractivity contribution >= 4 is 23.1 Å². The summed E-state index contributed by atoms with van der Waals surface area (Å²) in [6.07, 6.45) is 4.48. The van der Waals surface area contributed by atoms with Crippen LogP contribution >= 0.6 is 11.6 Å². The number of aryl methyl sites for hydroxylation is 2. The molecule has 0 saturated heterocycles. The van der Waals surface area contributed by atoms with Gasteiger partial charge in [-0.2, -0.15) is 10.1 Å². The predicted molar refractivity (Wildman–Crippen MR) is 73.8 cm³/mol. The van der Waals surface area contributed by atoms with Gasteiger partial charge in [-0.1, -0.05) is 0 Å². The van der Waals surface area contributed by atoms with Crippen LogP contribution in [0.4, 0.5) is 11.5 Å². The molecule has 2 heterocycles. The van der Waals surface area contributed by atoms with Crippen molar-refractivity contribution in [2.75, 3.05) is 11.9 Å². The van der Waals surface area contributed by atoms with Gasteiger partial charge in [-0.15, -0.1) is 0 Å². The smallest absolute Gasteiger partial charge is 0.329 e. The minimum absolute atomic E-state index is 0.0243. The van der Waals surface area contributed by atoms with Gasteiger partial charge in [0.05, 0.1) is 11.1 Å². The SMILES string of the molecule is Cc1[nH]ncc1CCCNc1nc(Cl)ncc1[N+](=O)[O-]. The molecule has 0 unspecified atom stereocenters. The molecule has 0 aliphatic rings. The fraction of sp³-hybridized carbons (Fsp3) is 0.364. The number of H-pyrrole nitrogens is 1. The summed E-state index contributed by atoms with van der Waals surface area (Å²) in [5, 5.41) is 20.5. The number of nitrogens with one attached hydrogen (secondary N) is 2. The Kier molecular flexibility index (Phi) is 4.46. The van der Waals surface area contributed by atoms with Gasteiger partial charge in [0.2, 0.25) is 11.1 Å². The van der Waals surface area contributed by atoms with Crippen LogP contribution in [0.3, 0.4) is 0 Å². The molecule has 2 aromatic rings. The van der Waals surface area contributed by atoms with E-state index in [-0.39, 0.29) is 16.8 Å². The number of anilines is 1. The van der Waals surface area contributed by atoms with Crippen LogP contribution < -0.4 is 5.32 Å². The summed E-state index contributed by atoms with van der Waals surface area (Å²) in [5.41, 5.74) is 1.97. The molecule has 0 spiro atoms. The van der Waals surface area contributed by atoms with Crippen LogP contribution in [-0.4, -0.2) is 31.6 Å². The zero-order chi connectivity index (χ0) is 14.5. The molecule has 0 aromatic carbocycles. The van der Waals surface area contributed by atoms with Gasteiger partial charge in [-0.05, 0) is 36.9 Å². The second kappa shape index (κ2) is 6.29. The second-order valence-electron chi connectivity index (χ2n) is 4.18. The van der Waals surface area contributed by atoms with E-state index in [1.165, 1.54) is 0 Å². The highest BCUT2D eigenvalue weighted by Gasteiger charge is 2.16. The third-order valence-corrected chi connectivity index (χ3v) is 2.97. The van der Waals surface area contributed by atoms with Crippen LogP contribution in [0.5, 0.6) is 0 Å². The topological polar surface area (TPSA) is 110 Å². The summed E-state index contributed by atoms with van der Waals surface area (Å²) < 4.78 is 0. The number of hydrogen-bond acceptors (Lipinski definition) is 6. The number of aromatic amines is 1. The molecule has 2 rings (SSSR count). The molecule has 0 saturated carbocycles. The number of rotatable bonds is 6. The first kappa shape index (κ1) is 14.2. The van der Waals surface area contributed by atoms with Gasteiger partial charge in [0.15, 0.2) is 0 Å². The molecule has 106 valence electrons. The van der Waals surface area contributed by atoms with E-state index in [0.29, 0.717) is 6.54 Å². The van der Waals surface area contributed by atoms with Crippen molar-refractivity contribution in [2.24, 2.45) is 0 Å². The second-order valence-corrected chi connectivity index (χ2v) is 4.52. The normalized spacial score (nSPS) is 10.5. The van der Waals surface area contributed by atoms with Crippen molar-refractivity contribution < 1.29 is 4.92 Å². The molecule has 9 heteroatoms. The van der Waals surface area contributed by atoms with E-state index in [1.54, 1.807) is 6.20 Å². The highest BCUT2D eigenvalue weighted by Crippen LogP contribution is 2.21. The lowest BCUT2D eigenvalue weighted by Gasteiger charge is -2.05. The Morgan fingerprint density at radius 3 is 2.95 bits per heavy atom. The van der Waals surface area contributed by atoms with Crippen molar-refractivity contribution in [2.45, 2.75) is 19.8 Å². The summed E-state index contributed by atoms with van der Waals surface area (Å²) in [4.78, 5) is 17.7. The van der Waals surface area contributed by atoms with Crippen molar-refractivity contribution in [3.8, 4) is 0 Å². The van der Waals surface area contributed by atoms with Crippen LogP contribution in [0, 0.1) is 17.0 Å². The van der Waals surface area contributed by atoms with E-state index in [1.807, 2.05) is 6.92 Å². The third-order valence-electron chi connectivity index (χ3n) is 2.79. The lowest BCUT2D eigenvalue weighted by molar-refractivity contribution is -0.384. The van der Waals surface area contributed by atoms with E-state index in [2.05, 4.69) is 25.5 Å². The zero-order valence-corrected chi connectivity index (χ0v) is 11.5. The molecule has 0 bridgehead atoms. The first-order valence-electron chi connectivity index (χ1n) is 5.97. The third kappa shape index (κ3) is 3.41. The summed E-state index contributed by atoms with van der Waals surface area (Å²) in [7, 11) is 0. The highest BCUT2D eigenvalue weighted by atomic mass is 35.5. The summed E-state index contributed by atoms with van der Waals surface area (Å²) in [6, 6.07) is 0. The fourth-order valence-corrected chi connectivity index (χ4v) is 1.86. The minimum Gasteiger partial charge on any atom is -0.364 e. The summed E-state index contributed by atoms with van der Waals surface area (Å²) in [6.45, 7) is 2.49. The van der Waals surface area contributed by atoms with E-state index >= 15 is 0 Å². The van der Waals surface area contributed by atoms with E-state index < -0.39 is 4.92 Å². The fourth-order valence-electron chi connectivity index (χ4n) is 1.73. The Labute approximate surface area is 119 Å². The Morgan fingerprint density at radius 1 is 1.50 bits per heavy atom. The number of aromatic nitrogens is 4. The highest BCUT2D eigenvalue weighted by molar-refractivity contribution is 6.28. The first-order chi connectivity index (χ1) is 9.58. The molecule has 0 amide bonds. The number of halogens is 1. The summed E-state index contributed by atoms with van der Waals surface area (Å²) in [5.74, 6) is 0.138. The number of hydrogen-bond donors (Lipinski definition) is 2. The Morgan fingerprint density at radius 2 is 2.30 bits per heavy atom. The maximum Gasteiger partial charge on any atom is 0.329 e. The molecular weight excluding hydrogens is 284 g/mol. The van der Waals surface area contributed by atoms with Gasteiger partial charge in [-0.3, -0.25) is 15.2 Å². The molecule has 8 nitrogen and oxygen atoms in total. The van der Waals surface area contributed by atoms with Gasteiger partial charge in [0, 0.05) is 12.2 Å². The lowest BCUT2D eigenvalue weighted by atomic mass is 10.1. The standard InChI is InChI=1S/C11H13ClN6O2/c1-7-8(5-15-17-7)3-2-4-13-10-9(18(19)20)6-14-11(12)16-10/h5-6H,2-4H2,1H3,(H,15,17)(H,13,14,16). The molecule has 0 radical (unpaired) electrons. The molecule has 0 fully saturated rings. The van der Waals surface area contributed by atoms with Gasteiger partial charge in [0.25, 0.3) is 0 Å². The number of nitrogens with zero attached hydrogens (tertiary/aromatic N) is 4. The zero-order valence-electron chi connectivity index (χ0n) is 10.8. The van der Waals surface area contributed by atoms with E-state index in [0.717, 1.165) is 30.3 Å². The molecule has 2 aromatic heterocycles. The predicted octanol–water partition coefficient (Wildman–Crippen LogP) is 2.11. The van der Waals surface area contributed by atoms with Crippen LogP contribution in [0.15, 0.2) is 12.4 Å². The van der Waals surface area contributed by atoms with Gasteiger partial charge >= 0.3 is 5.69 Å². The lowest BCUT2D eigenvalue weighted by Crippen LogP contribution is -2.08. The molecule has 2 N–H and O–H groups in total. The van der Waals surface area contributed by atoms with Gasteiger partial charge in [0.1, 0.15) is 6.20 Å². The van der Waals surface area contributed by atoms with Crippen molar-refractivity contribution in [1.82, 2.24) is 20.2 Å². The molecule has 0 aliphatic heterocycles. The van der Waals surface area contributed by atoms with Gasteiger partial charge in [-0.25, -0.2) is 4.98 Å². The maximum absolute atomic E-state index is 10.8. The van der Waals surface area contributed by atoms with Crippen molar-refractivity contribution in [3.63, 3.8) is 0 Å². The Balaban J connectivity index is 1.92. The van der Waals surface area contributed by atoms with Gasteiger partial charge < -0.3 is 5.32 Å². The molecule has 0 aliphatic carbocycles. The van der Waals surface area contributed by atoms with Crippen LogP contribution in [0.2, 0.25) is 5.28 Å². The van der Waals surface area contributed by atoms with Crippen LogP contribution in [-0.2, 0) is 6.42 Å². The average molecular weight is 297 g/mol. The average Bonchev–Trinajstić information content (AvgIpc) is 2.80.